The average molecular weight is 248 g/mol. The van der Waals surface area contributed by atoms with Gasteiger partial charge in [0.05, 0.1) is 22.6 Å². The second-order valence-electron chi connectivity index (χ2n) is 3.81. The van der Waals surface area contributed by atoms with E-state index < -0.39 is 0 Å². The van der Waals surface area contributed by atoms with Crippen LogP contribution in [-0.2, 0) is 4.79 Å². The van der Waals surface area contributed by atoms with Crippen LogP contribution in [0.5, 0.6) is 0 Å². The number of hydrogen-bond acceptors (Lipinski definition) is 4. The van der Waals surface area contributed by atoms with Crippen LogP contribution in [0.2, 0.25) is 0 Å². The lowest BCUT2D eigenvalue weighted by Gasteiger charge is -2.22. The molecule has 0 spiro atoms. The molecule has 17 heavy (non-hydrogen) atoms. The summed E-state index contributed by atoms with van der Waals surface area (Å²) in [4.78, 5) is 11.6. The zero-order valence-electron chi connectivity index (χ0n) is 9.61. The molecule has 1 amide bonds. The first-order valence-electron chi connectivity index (χ1n) is 5.20. The molecule has 1 aromatic heterocycles. The van der Waals surface area contributed by atoms with Gasteiger partial charge in [-0.2, -0.15) is 5.26 Å². The first-order chi connectivity index (χ1) is 8.15. The maximum Gasteiger partial charge on any atom is 0.225 e. The minimum absolute atomic E-state index is 0.0765. The third kappa shape index (κ3) is 2.22. The van der Waals surface area contributed by atoms with Gasteiger partial charge in [-0.3, -0.25) is 4.79 Å². The smallest absolute Gasteiger partial charge is 0.225 e. The van der Waals surface area contributed by atoms with E-state index in [0.29, 0.717) is 16.4 Å². The van der Waals surface area contributed by atoms with Crippen molar-refractivity contribution < 1.29 is 9.21 Å². The number of nitrogens with zero attached hydrogens (tertiary/aromatic N) is 1. The van der Waals surface area contributed by atoms with Crippen LogP contribution >= 0.6 is 11.8 Å². The molecule has 1 aliphatic heterocycles. The summed E-state index contributed by atoms with van der Waals surface area (Å²) in [6, 6.07) is 5.84. The van der Waals surface area contributed by atoms with Gasteiger partial charge in [0.25, 0.3) is 0 Å². The third-order valence-electron chi connectivity index (χ3n) is 2.66. The summed E-state index contributed by atoms with van der Waals surface area (Å²) < 4.78 is 5.52. The second-order valence-corrected chi connectivity index (χ2v) is 4.63. The van der Waals surface area contributed by atoms with Crippen molar-refractivity contribution in [2.75, 3.05) is 6.26 Å². The Bertz CT molecular complexity index is 525. The lowest BCUT2D eigenvalue weighted by Crippen LogP contribution is -2.30. The molecular formula is C12H12N2O2S. The van der Waals surface area contributed by atoms with Crippen LogP contribution in [0.25, 0.3) is 0 Å². The van der Waals surface area contributed by atoms with Gasteiger partial charge in [0.2, 0.25) is 5.91 Å². The van der Waals surface area contributed by atoms with Crippen LogP contribution in [0.3, 0.4) is 0 Å². The second kappa shape index (κ2) is 4.68. The van der Waals surface area contributed by atoms with E-state index in [2.05, 4.69) is 11.4 Å². The van der Waals surface area contributed by atoms with Crippen molar-refractivity contribution in [3.8, 4) is 6.07 Å². The SMILES string of the molecule is CSC1=C(C#N)[C@H](c2ccc(C)o2)CC(=O)N1. The lowest BCUT2D eigenvalue weighted by atomic mass is 9.92. The number of hydrogen-bond donors (Lipinski definition) is 1. The standard InChI is InChI=1S/C12H12N2O2S/c1-7-3-4-10(16-7)8-5-11(15)14-12(17-2)9(8)6-13/h3-4,8H,5H2,1-2H3,(H,14,15)/t8-/m1/s1. The zero-order valence-corrected chi connectivity index (χ0v) is 10.4. The fourth-order valence-electron chi connectivity index (χ4n) is 1.86. The van der Waals surface area contributed by atoms with E-state index in [-0.39, 0.29) is 18.2 Å². The molecule has 0 aromatic carbocycles. The first kappa shape index (κ1) is 11.8. The Kier molecular flexibility index (Phi) is 3.25. The van der Waals surface area contributed by atoms with Gasteiger partial charge in [-0.15, -0.1) is 11.8 Å². The van der Waals surface area contributed by atoms with Crippen LogP contribution in [0.4, 0.5) is 0 Å². The number of carbonyl (C=O) groups excluding carboxylic acids is 1. The maximum atomic E-state index is 11.6. The molecule has 0 saturated carbocycles. The highest BCUT2D eigenvalue weighted by Crippen LogP contribution is 2.35. The summed E-state index contributed by atoms with van der Waals surface area (Å²) in [6.07, 6.45) is 2.10. The van der Waals surface area contributed by atoms with Crippen LogP contribution < -0.4 is 5.32 Å². The molecule has 0 bridgehead atoms. The maximum absolute atomic E-state index is 11.6. The van der Waals surface area contributed by atoms with Crippen LogP contribution in [0.15, 0.2) is 27.2 Å². The fraction of sp³-hybridized carbons (Fsp3) is 0.333. The Morgan fingerprint density at radius 3 is 2.88 bits per heavy atom. The Labute approximate surface area is 104 Å². The predicted molar refractivity (Wildman–Crippen MR) is 65.1 cm³/mol. The minimum atomic E-state index is -0.259. The molecule has 0 radical (unpaired) electrons. The van der Waals surface area contributed by atoms with Crippen LogP contribution in [0, 0.1) is 18.3 Å². The quantitative estimate of drug-likeness (QED) is 0.872. The highest BCUT2D eigenvalue weighted by molar-refractivity contribution is 8.02. The van der Waals surface area contributed by atoms with Crippen molar-refractivity contribution in [3.63, 3.8) is 0 Å². The van der Waals surface area contributed by atoms with Gasteiger partial charge in [-0.1, -0.05) is 0 Å². The number of nitriles is 1. The third-order valence-corrected chi connectivity index (χ3v) is 3.39. The molecule has 1 N–H and O–H groups in total. The normalized spacial score (nSPS) is 20.1. The number of allylic oxidation sites excluding steroid dienone is 1. The molecule has 1 aromatic rings. The number of aryl methyl sites for hydroxylation is 1. The first-order valence-corrected chi connectivity index (χ1v) is 6.42. The highest BCUT2D eigenvalue weighted by atomic mass is 32.2. The molecule has 0 aliphatic carbocycles. The molecule has 5 heteroatoms. The summed E-state index contributed by atoms with van der Waals surface area (Å²) >= 11 is 1.37. The molecular weight excluding hydrogens is 236 g/mol. The zero-order chi connectivity index (χ0) is 12.4. The molecule has 2 rings (SSSR count). The van der Waals surface area contributed by atoms with Crippen molar-refractivity contribution in [1.82, 2.24) is 5.32 Å². The van der Waals surface area contributed by atoms with Gasteiger partial charge in [-0.25, -0.2) is 0 Å². The number of thioether (sulfide) groups is 1. The van der Waals surface area contributed by atoms with E-state index >= 15 is 0 Å². The molecule has 0 saturated heterocycles. The van der Waals surface area contributed by atoms with E-state index in [1.54, 1.807) is 0 Å². The van der Waals surface area contributed by atoms with Crippen LogP contribution in [0.1, 0.15) is 23.9 Å². The van der Waals surface area contributed by atoms with Crippen molar-refractivity contribution in [2.24, 2.45) is 0 Å². The Balaban J connectivity index is 2.45. The molecule has 4 nitrogen and oxygen atoms in total. The molecule has 0 fully saturated rings. The van der Waals surface area contributed by atoms with Crippen molar-refractivity contribution in [1.29, 1.82) is 5.26 Å². The van der Waals surface area contributed by atoms with Crippen molar-refractivity contribution >= 4 is 17.7 Å². The number of furan rings is 1. The minimum Gasteiger partial charge on any atom is -0.466 e. The topological polar surface area (TPSA) is 66.0 Å². The summed E-state index contributed by atoms with van der Waals surface area (Å²) in [6.45, 7) is 1.84. The van der Waals surface area contributed by atoms with Crippen molar-refractivity contribution in [3.05, 3.63) is 34.3 Å². The van der Waals surface area contributed by atoms with Gasteiger partial charge in [-0.05, 0) is 25.3 Å². The van der Waals surface area contributed by atoms with E-state index in [1.807, 2.05) is 25.3 Å². The number of amides is 1. The molecule has 1 aliphatic rings. The number of carbonyl (C=O) groups is 1. The Morgan fingerprint density at radius 2 is 2.35 bits per heavy atom. The van der Waals surface area contributed by atoms with Gasteiger partial charge in [0.15, 0.2) is 0 Å². The largest absolute Gasteiger partial charge is 0.466 e. The van der Waals surface area contributed by atoms with Gasteiger partial charge in [0.1, 0.15) is 11.5 Å². The highest BCUT2D eigenvalue weighted by Gasteiger charge is 2.30. The monoisotopic (exact) mass is 248 g/mol. The summed E-state index contributed by atoms with van der Waals surface area (Å²) in [5.74, 6) is 1.13. The number of rotatable bonds is 2. The predicted octanol–water partition coefficient (Wildman–Crippen LogP) is 2.29. The van der Waals surface area contributed by atoms with Gasteiger partial charge < -0.3 is 9.73 Å². The van der Waals surface area contributed by atoms with Gasteiger partial charge >= 0.3 is 0 Å². The molecule has 0 unspecified atom stereocenters. The number of nitrogens with one attached hydrogen (secondary N) is 1. The summed E-state index contributed by atoms with van der Waals surface area (Å²) in [7, 11) is 0. The Morgan fingerprint density at radius 1 is 1.59 bits per heavy atom. The molecule has 88 valence electrons. The van der Waals surface area contributed by atoms with Crippen LogP contribution in [-0.4, -0.2) is 12.2 Å². The van der Waals surface area contributed by atoms with E-state index in [9.17, 15) is 10.1 Å². The fourth-order valence-corrected chi connectivity index (χ4v) is 2.49. The van der Waals surface area contributed by atoms with Gasteiger partial charge in [0, 0.05) is 6.42 Å². The van der Waals surface area contributed by atoms with E-state index in [0.717, 1.165) is 5.76 Å². The molecule has 2 heterocycles. The van der Waals surface area contributed by atoms with E-state index in [4.69, 9.17) is 4.42 Å². The summed E-state index contributed by atoms with van der Waals surface area (Å²) in [5, 5.41) is 12.5. The Hall–Kier alpha value is -1.67. The average Bonchev–Trinajstić information content (AvgIpc) is 2.74. The molecule has 1 atom stereocenters. The summed E-state index contributed by atoms with van der Waals surface area (Å²) in [5.41, 5.74) is 0.575. The van der Waals surface area contributed by atoms with E-state index in [1.165, 1.54) is 11.8 Å². The van der Waals surface area contributed by atoms with Crippen molar-refractivity contribution in [2.45, 2.75) is 19.3 Å². The lowest BCUT2D eigenvalue weighted by molar-refractivity contribution is -0.120.